The molecule has 0 bridgehead atoms. The molecule has 0 saturated carbocycles. The highest BCUT2D eigenvalue weighted by molar-refractivity contribution is 7.17. The summed E-state index contributed by atoms with van der Waals surface area (Å²) in [7, 11) is 0. The number of furan rings is 1. The lowest BCUT2D eigenvalue weighted by Crippen LogP contribution is -2.12. The van der Waals surface area contributed by atoms with E-state index in [1.807, 2.05) is 18.3 Å². The lowest BCUT2D eigenvalue weighted by molar-refractivity contribution is 0.568. The van der Waals surface area contributed by atoms with E-state index >= 15 is 0 Å². The highest BCUT2D eigenvalue weighted by Gasteiger charge is 2.21. The predicted molar refractivity (Wildman–Crippen MR) is 160 cm³/mol. The van der Waals surface area contributed by atoms with Crippen molar-refractivity contribution >= 4 is 43.3 Å². The van der Waals surface area contributed by atoms with Gasteiger partial charge < -0.3 is 4.42 Å². The van der Waals surface area contributed by atoms with E-state index in [4.69, 9.17) is 9.40 Å². The Morgan fingerprint density at radius 2 is 1.68 bits per heavy atom. The van der Waals surface area contributed by atoms with Gasteiger partial charge in [-0.05, 0) is 93.4 Å². The maximum atomic E-state index is 6.14. The standard InChI is InChI=1S/C34H33NOS/c1-20(2)15-23-11-12-26(27-13-14-37-32(23)27)28-19-31(35-33-29(28)16-21(3)36-33)24-17-22-9-7-8-10-25(22)30(18-24)34(4,5)6/h7-14,16-20H,15H2,1-6H3. The van der Waals surface area contributed by atoms with Gasteiger partial charge in [-0.2, -0.15) is 0 Å². The van der Waals surface area contributed by atoms with E-state index < -0.39 is 0 Å². The number of hydrogen-bond acceptors (Lipinski definition) is 3. The van der Waals surface area contributed by atoms with Crippen LogP contribution in [-0.4, -0.2) is 4.98 Å². The van der Waals surface area contributed by atoms with Crippen molar-refractivity contribution < 1.29 is 4.42 Å². The third-order valence-electron chi connectivity index (χ3n) is 7.21. The Morgan fingerprint density at radius 1 is 0.865 bits per heavy atom. The first kappa shape index (κ1) is 23.9. The Hall–Kier alpha value is -3.43. The van der Waals surface area contributed by atoms with Crippen molar-refractivity contribution in [1.29, 1.82) is 0 Å². The number of nitrogens with zero attached hydrogens (tertiary/aromatic N) is 1. The summed E-state index contributed by atoms with van der Waals surface area (Å²) >= 11 is 1.84. The second kappa shape index (κ2) is 8.85. The van der Waals surface area contributed by atoms with E-state index in [0.717, 1.165) is 28.8 Å². The van der Waals surface area contributed by atoms with Gasteiger partial charge in [-0.1, -0.05) is 71.0 Å². The molecular weight excluding hydrogens is 470 g/mol. The molecule has 0 aliphatic carbocycles. The molecule has 0 aliphatic rings. The maximum absolute atomic E-state index is 6.14. The monoisotopic (exact) mass is 503 g/mol. The Labute approximate surface area is 223 Å². The van der Waals surface area contributed by atoms with Crippen LogP contribution in [0.25, 0.3) is 54.3 Å². The van der Waals surface area contributed by atoms with Gasteiger partial charge in [-0.15, -0.1) is 11.3 Å². The van der Waals surface area contributed by atoms with Crippen LogP contribution < -0.4 is 0 Å². The molecule has 3 heteroatoms. The molecular formula is C34H33NOS. The van der Waals surface area contributed by atoms with Gasteiger partial charge in [0, 0.05) is 21.0 Å². The van der Waals surface area contributed by atoms with Crippen molar-refractivity contribution in [3.8, 4) is 22.4 Å². The Morgan fingerprint density at radius 3 is 2.46 bits per heavy atom. The van der Waals surface area contributed by atoms with Crippen molar-refractivity contribution in [2.45, 2.75) is 53.4 Å². The maximum Gasteiger partial charge on any atom is 0.227 e. The van der Waals surface area contributed by atoms with E-state index in [9.17, 15) is 0 Å². The van der Waals surface area contributed by atoms with E-state index in [-0.39, 0.29) is 5.41 Å². The Kier molecular flexibility index (Phi) is 5.72. The second-order valence-corrected chi connectivity index (χ2v) is 12.6. The van der Waals surface area contributed by atoms with Gasteiger partial charge in [0.25, 0.3) is 0 Å². The SMILES string of the molecule is Cc1cc2c(-c3ccc(CC(C)C)c4sccc34)cc(-c3cc(C(C)(C)C)c4ccccc4c3)nc2o1. The zero-order valence-electron chi connectivity index (χ0n) is 22.5. The minimum atomic E-state index is 0.0128. The molecule has 6 rings (SSSR count). The number of fused-ring (bicyclic) bond motifs is 3. The van der Waals surface area contributed by atoms with Crippen LogP contribution in [0.4, 0.5) is 0 Å². The minimum absolute atomic E-state index is 0.0128. The molecule has 0 saturated heterocycles. The van der Waals surface area contributed by atoms with Gasteiger partial charge >= 0.3 is 0 Å². The number of aryl methyl sites for hydroxylation is 1. The molecule has 0 N–H and O–H groups in total. The van der Waals surface area contributed by atoms with E-state index in [2.05, 4.69) is 107 Å². The van der Waals surface area contributed by atoms with E-state index in [0.29, 0.717) is 11.6 Å². The topological polar surface area (TPSA) is 26.0 Å². The molecule has 0 atom stereocenters. The lowest BCUT2D eigenvalue weighted by atomic mass is 9.82. The van der Waals surface area contributed by atoms with Crippen LogP contribution in [0.1, 0.15) is 51.5 Å². The van der Waals surface area contributed by atoms with Gasteiger partial charge in [-0.3, -0.25) is 0 Å². The normalized spacial score (nSPS) is 12.4. The van der Waals surface area contributed by atoms with E-state index in [1.54, 1.807) is 0 Å². The van der Waals surface area contributed by atoms with Gasteiger partial charge in [0.15, 0.2) is 0 Å². The molecule has 0 amide bonds. The summed E-state index contributed by atoms with van der Waals surface area (Å²) in [4.78, 5) is 5.04. The molecule has 2 nitrogen and oxygen atoms in total. The first-order valence-electron chi connectivity index (χ1n) is 13.1. The summed E-state index contributed by atoms with van der Waals surface area (Å²) in [5.74, 6) is 1.50. The first-order valence-corrected chi connectivity index (χ1v) is 14.0. The molecule has 3 aromatic heterocycles. The van der Waals surface area contributed by atoms with Crippen molar-refractivity contribution in [2.75, 3.05) is 0 Å². The Bertz CT molecular complexity index is 1780. The summed E-state index contributed by atoms with van der Waals surface area (Å²) in [6, 6.07) is 24.5. The Balaban J connectivity index is 1.62. The van der Waals surface area contributed by atoms with E-state index in [1.165, 1.54) is 43.1 Å². The van der Waals surface area contributed by atoms with Crippen molar-refractivity contribution in [1.82, 2.24) is 4.98 Å². The third kappa shape index (κ3) is 4.26. The molecule has 0 aliphatic heterocycles. The van der Waals surface area contributed by atoms with Crippen LogP contribution in [0, 0.1) is 12.8 Å². The van der Waals surface area contributed by atoms with Crippen LogP contribution in [-0.2, 0) is 11.8 Å². The molecule has 0 spiro atoms. The lowest BCUT2D eigenvalue weighted by Gasteiger charge is -2.23. The molecule has 37 heavy (non-hydrogen) atoms. The quantitative estimate of drug-likeness (QED) is 0.239. The van der Waals surface area contributed by atoms with Crippen LogP contribution >= 0.6 is 11.3 Å². The fraction of sp³-hybridized carbons (Fsp3) is 0.265. The van der Waals surface area contributed by atoms with Gasteiger partial charge in [-0.25, -0.2) is 4.98 Å². The van der Waals surface area contributed by atoms with Crippen molar-refractivity contribution in [3.05, 3.63) is 89.0 Å². The summed E-state index contributed by atoms with van der Waals surface area (Å²) in [5, 5.41) is 7.14. The number of aromatic nitrogens is 1. The molecule has 3 aromatic carbocycles. The van der Waals surface area contributed by atoms with Crippen molar-refractivity contribution in [2.24, 2.45) is 5.92 Å². The summed E-state index contributed by atoms with van der Waals surface area (Å²) in [5.41, 5.74) is 7.97. The molecule has 3 heterocycles. The number of thiophene rings is 1. The predicted octanol–water partition coefficient (Wildman–Crippen LogP) is 10.3. The number of benzene rings is 3. The highest BCUT2D eigenvalue weighted by atomic mass is 32.1. The zero-order chi connectivity index (χ0) is 25.9. The van der Waals surface area contributed by atoms with Gasteiger partial charge in [0.2, 0.25) is 5.71 Å². The second-order valence-electron chi connectivity index (χ2n) is 11.7. The zero-order valence-corrected chi connectivity index (χ0v) is 23.3. The number of hydrogen-bond donors (Lipinski definition) is 0. The highest BCUT2D eigenvalue weighted by Crippen LogP contribution is 2.41. The van der Waals surface area contributed by atoms with Crippen LogP contribution in [0.15, 0.2) is 76.5 Å². The fourth-order valence-corrected chi connectivity index (χ4v) is 6.49. The third-order valence-corrected chi connectivity index (χ3v) is 8.20. The number of rotatable bonds is 4. The van der Waals surface area contributed by atoms with Gasteiger partial charge in [0.05, 0.1) is 5.69 Å². The largest absolute Gasteiger partial charge is 0.443 e. The molecule has 0 fully saturated rings. The summed E-state index contributed by atoms with van der Waals surface area (Å²) in [6.45, 7) is 13.4. The average Bonchev–Trinajstić information content (AvgIpc) is 3.48. The first-order chi connectivity index (χ1) is 17.7. The smallest absolute Gasteiger partial charge is 0.227 e. The fourth-order valence-electron chi connectivity index (χ4n) is 5.54. The van der Waals surface area contributed by atoms with Crippen LogP contribution in [0.3, 0.4) is 0 Å². The van der Waals surface area contributed by atoms with Crippen LogP contribution in [0.5, 0.6) is 0 Å². The van der Waals surface area contributed by atoms with Crippen LogP contribution in [0.2, 0.25) is 0 Å². The molecule has 6 aromatic rings. The molecule has 0 unspecified atom stereocenters. The molecule has 0 radical (unpaired) electrons. The minimum Gasteiger partial charge on any atom is -0.443 e. The summed E-state index contributed by atoms with van der Waals surface area (Å²) < 4.78 is 7.53. The summed E-state index contributed by atoms with van der Waals surface area (Å²) in [6.07, 6.45) is 1.09. The van der Waals surface area contributed by atoms with Gasteiger partial charge in [0.1, 0.15) is 5.76 Å². The molecule has 186 valence electrons. The van der Waals surface area contributed by atoms with Crippen molar-refractivity contribution in [3.63, 3.8) is 0 Å². The average molecular weight is 504 g/mol. The number of pyridine rings is 1.